The van der Waals surface area contributed by atoms with Gasteiger partial charge in [0.2, 0.25) is 5.91 Å². The van der Waals surface area contributed by atoms with Crippen molar-refractivity contribution in [2.24, 2.45) is 7.05 Å². The first-order chi connectivity index (χ1) is 17.6. The summed E-state index contributed by atoms with van der Waals surface area (Å²) in [5, 5.41) is 13.4. The molecule has 3 N–H and O–H groups in total. The first kappa shape index (κ1) is 27.0. The SMILES string of the molecule is CCCCOC(=O)NC1CCC(N2CC(NC(=O)CNc3nn(C)c4ccc(C(F)(F)F)cc34)C2)CC1. The molecular formula is C25H35F3N6O3. The minimum Gasteiger partial charge on any atom is -0.450 e. The number of anilines is 1. The van der Waals surface area contributed by atoms with Crippen molar-refractivity contribution in [1.29, 1.82) is 0 Å². The topological polar surface area (TPSA) is 101 Å². The molecule has 1 aliphatic heterocycles. The van der Waals surface area contributed by atoms with E-state index in [4.69, 9.17) is 4.74 Å². The smallest absolute Gasteiger partial charge is 0.416 e. The molecule has 4 rings (SSSR count). The number of aryl methyl sites for hydroxylation is 1. The quantitative estimate of drug-likeness (QED) is 0.433. The summed E-state index contributed by atoms with van der Waals surface area (Å²) in [7, 11) is 1.65. The maximum absolute atomic E-state index is 13.1. The molecule has 2 aliphatic rings. The van der Waals surface area contributed by atoms with Crippen LogP contribution in [0, 0.1) is 0 Å². The van der Waals surface area contributed by atoms with Crippen molar-refractivity contribution in [2.75, 3.05) is 31.6 Å². The van der Waals surface area contributed by atoms with Gasteiger partial charge in [-0.3, -0.25) is 14.4 Å². The van der Waals surface area contributed by atoms with Gasteiger partial charge in [0.25, 0.3) is 0 Å². The summed E-state index contributed by atoms with van der Waals surface area (Å²) in [5.74, 6) is 0.0125. The van der Waals surface area contributed by atoms with Crippen LogP contribution in [0.25, 0.3) is 10.9 Å². The summed E-state index contributed by atoms with van der Waals surface area (Å²) in [4.78, 5) is 26.6. The van der Waals surface area contributed by atoms with Crippen LogP contribution in [0.5, 0.6) is 0 Å². The van der Waals surface area contributed by atoms with Gasteiger partial charge < -0.3 is 20.7 Å². The number of likely N-dealkylation sites (tertiary alicyclic amines) is 1. The molecule has 0 radical (unpaired) electrons. The standard InChI is InChI=1S/C25H35F3N6O3/c1-3-4-11-37-24(36)31-17-6-8-19(9-7-17)34-14-18(15-34)30-22(35)13-29-23-20-12-16(25(26,27)28)5-10-21(20)33(2)32-23/h5,10,12,17-19H,3-4,6-9,11,13-15H2,1-2H3,(H,29,32)(H,30,35)(H,31,36). The molecule has 1 aromatic carbocycles. The zero-order valence-electron chi connectivity index (χ0n) is 21.2. The Morgan fingerprint density at radius 1 is 1.11 bits per heavy atom. The Labute approximate surface area is 214 Å². The van der Waals surface area contributed by atoms with E-state index in [2.05, 4.69) is 25.9 Å². The molecule has 0 atom stereocenters. The highest BCUT2D eigenvalue weighted by atomic mass is 19.4. The third kappa shape index (κ3) is 6.85. The molecule has 1 saturated carbocycles. The highest BCUT2D eigenvalue weighted by Gasteiger charge is 2.35. The Hall–Kier alpha value is -3.02. The molecule has 2 aromatic rings. The second-order valence-corrected chi connectivity index (χ2v) is 9.91. The number of unbranched alkanes of at least 4 members (excludes halogenated alkanes) is 1. The van der Waals surface area contributed by atoms with E-state index >= 15 is 0 Å². The number of hydrogen-bond donors (Lipinski definition) is 3. The van der Waals surface area contributed by atoms with E-state index in [-0.39, 0.29) is 36.4 Å². The number of alkyl halides is 3. The van der Waals surface area contributed by atoms with Gasteiger partial charge in [-0.15, -0.1) is 0 Å². The summed E-state index contributed by atoms with van der Waals surface area (Å²) < 4.78 is 46.0. The van der Waals surface area contributed by atoms with E-state index in [1.165, 1.54) is 10.7 Å². The number of alkyl carbamates (subject to hydrolysis) is 1. The molecule has 0 spiro atoms. The number of benzene rings is 1. The molecule has 0 bridgehead atoms. The van der Waals surface area contributed by atoms with Crippen molar-refractivity contribution in [3.05, 3.63) is 23.8 Å². The average Bonchev–Trinajstić information content (AvgIpc) is 3.15. The van der Waals surface area contributed by atoms with Crippen molar-refractivity contribution in [3.63, 3.8) is 0 Å². The van der Waals surface area contributed by atoms with E-state index < -0.39 is 11.7 Å². The number of nitrogens with zero attached hydrogens (tertiary/aromatic N) is 3. The minimum absolute atomic E-state index is 0.0380. The Morgan fingerprint density at radius 2 is 1.84 bits per heavy atom. The molecule has 1 saturated heterocycles. The monoisotopic (exact) mass is 524 g/mol. The van der Waals surface area contributed by atoms with Crippen LogP contribution in [0.4, 0.5) is 23.8 Å². The fourth-order valence-corrected chi connectivity index (χ4v) is 5.02. The number of rotatable bonds is 9. The normalized spacial score (nSPS) is 20.9. The Morgan fingerprint density at radius 3 is 2.51 bits per heavy atom. The van der Waals surface area contributed by atoms with Crippen molar-refractivity contribution >= 4 is 28.7 Å². The van der Waals surface area contributed by atoms with Crippen molar-refractivity contribution in [2.45, 2.75) is 69.8 Å². The number of aromatic nitrogens is 2. The second kappa shape index (κ2) is 11.6. The van der Waals surface area contributed by atoms with Crippen LogP contribution in [0.15, 0.2) is 18.2 Å². The number of amides is 2. The van der Waals surface area contributed by atoms with E-state index in [9.17, 15) is 22.8 Å². The van der Waals surface area contributed by atoms with Gasteiger partial charge in [0.1, 0.15) is 0 Å². The third-order valence-corrected chi connectivity index (χ3v) is 7.14. The lowest BCUT2D eigenvalue weighted by molar-refractivity contribution is -0.137. The fourth-order valence-electron chi connectivity index (χ4n) is 5.02. The maximum Gasteiger partial charge on any atom is 0.416 e. The lowest BCUT2D eigenvalue weighted by Crippen LogP contribution is -2.63. The van der Waals surface area contributed by atoms with Gasteiger partial charge >= 0.3 is 12.3 Å². The molecule has 1 aliphatic carbocycles. The summed E-state index contributed by atoms with van der Waals surface area (Å²) in [6.07, 6.45) is 0.828. The van der Waals surface area contributed by atoms with Gasteiger partial charge in [0.15, 0.2) is 5.82 Å². The van der Waals surface area contributed by atoms with Crippen LogP contribution < -0.4 is 16.0 Å². The number of halogens is 3. The highest BCUT2D eigenvalue weighted by Crippen LogP contribution is 2.33. The Bertz CT molecular complexity index is 1090. The molecule has 2 heterocycles. The van der Waals surface area contributed by atoms with Crippen LogP contribution in [-0.4, -0.2) is 71.0 Å². The molecule has 0 unspecified atom stereocenters. The molecule has 2 fully saturated rings. The van der Waals surface area contributed by atoms with Gasteiger partial charge in [-0.25, -0.2) is 4.79 Å². The highest BCUT2D eigenvalue weighted by molar-refractivity contribution is 5.92. The molecule has 12 heteroatoms. The molecular weight excluding hydrogens is 489 g/mol. The number of fused-ring (bicyclic) bond motifs is 1. The van der Waals surface area contributed by atoms with Crippen LogP contribution in [-0.2, 0) is 22.8 Å². The fraction of sp³-hybridized carbons (Fsp3) is 0.640. The van der Waals surface area contributed by atoms with E-state index in [1.54, 1.807) is 7.05 Å². The first-order valence-corrected chi connectivity index (χ1v) is 12.9. The maximum atomic E-state index is 13.1. The number of carbonyl (C=O) groups is 2. The number of carbonyl (C=O) groups excluding carboxylic acids is 2. The number of hydrogen-bond acceptors (Lipinski definition) is 6. The third-order valence-electron chi connectivity index (χ3n) is 7.14. The van der Waals surface area contributed by atoms with Gasteiger partial charge in [0, 0.05) is 37.6 Å². The summed E-state index contributed by atoms with van der Waals surface area (Å²) in [5.41, 5.74) is -0.212. The lowest BCUT2D eigenvalue weighted by Gasteiger charge is -2.46. The number of ether oxygens (including phenoxy) is 1. The Kier molecular flexibility index (Phi) is 8.46. The van der Waals surface area contributed by atoms with Crippen LogP contribution >= 0.6 is 0 Å². The van der Waals surface area contributed by atoms with Crippen LogP contribution in [0.3, 0.4) is 0 Å². The van der Waals surface area contributed by atoms with Crippen molar-refractivity contribution in [3.8, 4) is 0 Å². The van der Waals surface area contributed by atoms with E-state index in [0.717, 1.165) is 63.7 Å². The predicted molar refractivity (Wildman–Crippen MR) is 133 cm³/mol. The zero-order valence-corrected chi connectivity index (χ0v) is 21.2. The average molecular weight is 525 g/mol. The van der Waals surface area contributed by atoms with E-state index in [1.807, 2.05) is 6.92 Å². The summed E-state index contributed by atoms with van der Waals surface area (Å²) >= 11 is 0. The largest absolute Gasteiger partial charge is 0.450 e. The van der Waals surface area contributed by atoms with Crippen molar-refractivity contribution in [1.82, 2.24) is 25.3 Å². The van der Waals surface area contributed by atoms with Crippen LogP contribution in [0.1, 0.15) is 51.0 Å². The molecule has 9 nitrogen and oxygen atoms in total. The van der Waals surface area contributed by atoms with Gasteiger partial charge in [-0.05, 0) is 50.3 Å². The van der Waals surface area contributed by atoms with Crippen LogP contribution in [0.2, 0.25) is 0 Å². The number of nitrogens with one attached hydrogen (secondary N) is 3. The van der Waals surface area contributed by atoms with Crippen molar-refractivity contribution < 1.29 is 27.5 Å². The zero-order chi connectivity index (χ0) is 26.6. The van der Waals surface area contributed by atoms with Gasteiger partial charge in [0.05, 0.1) is 30.3 Å². The predicted octanol–water partition coefficient (Wildman–Crippen LogP) is 3.64. The Balaban J connectivity index is 1.17. The van der Waals surface area contributed by atoms with Gasteiger partial charge in [-0.1, -0.05) is 13.3 Å². The van der Waals surface area contributed by atoms with Gasteiger partial charge in [-0.2, -0.15) is 18.3 Å². The molecule has 1 aromatic heterocycles. The summed E-state index contributed by atoms with van der Waals surface area (Å²) in [6, 6.07) is 4.06. The minimum atomic E-state index is -4.45. The summed E-state index contributed by atoms with van der Waals surface area (Å²) in [6.45, 7) is 3.94. The molecule has 2 amide bonds. The molecule has 37 heavy (non-hydrogen) atoms. The first-order valence-electron chi connectivity index (χ1n) is 12.9. The second-order valence-electron chi connectivity index (χ2n) is 9.91. The van der Waals surface area contributed by atoms with E-state index in [0.29, 0.717) is 23.6 Å². The molecule has 204 valence electrons. The lowest BCUT2D eigenvalue weighted by atomic mass is 9.88.